The Labute approximate surface area is 87.4 Å². The van der Waals surface area contributed by atoms with Gasteiger partial charge in [0.1, 0.15) is 0 Å². The van der Waals surface area contributed by atoms with Crippen LogP contribution in [0.5, 0.6) is 0 Å². The first-order valence-corrected chi connectivity index (χ1v) is 5.64. The van der Waals surface area contributed by atoms with E-state index in [0.717, 1.165) is 13.0 Å². The maximum Gasteiger partial charge on any atom is 0.0741 e. The average Bonchev–Trinajstić information content (AvgIpc) is 2.55. The van der Waals surface area contributed by atoms with Crippen LogP contribution in [-0.2, 0) is 0 Å². The number of allylic oxidation sites excluding steroid dienone is 1. The summed E-state index contributed by atoms with van der Waals surface area (Å²) in [5.74, 6) is 0. The fraction of sp³-hybridized carbons (Fsp3) is 0.833. The summed E-state index contributed by atoms with van der Waals surface area (Å²) in [5, 5.41) is 13.1. The lowest BCUT2D eigenvalue weighted by atomic mass is 10.0. The van der Waals surface area contributed by atoms with Gasteiger partial charge in [-0.05, 0) is 53.0 Å². The van der Waals surface area contributed by atoms with Crippen molar-refractivity contribution in [1.29, 1.82) is 0 Å². The van der Waals surface area contributed by atoms with Crippen molar-refractivity contribution < 1.29 is 5.11 Å². The van der Waals surface area contributed by atoms with Crippen molar-refractivity contribution >= 4 is 0 Å². The predicted molar refractivity (Wildman–Crippen MR) is 60.3 cm³/mol. The molecule has 1 aliphatic rings. The van der Waals surface area contributed by atoms with E-state index >= 15 is 0 Å². The normalized spacial score (nSPS) is 19.6. The van der Waals surface area contributed by atoms with Gasteiger partial charge in [0, 0.05) is 6.04 Å². The summed E-state index contributed by atoms with van der Waals surface area (Å²) in [5.41, 5.74) is 0.963. The molecule has 0 aromatic heterocycles. The molecule has 14 heavy (non-hydrogen) atoms. The molecule has 0 amide bonds. The lowest BCUT2D eigenvalue weighted by Crippen LogP contribution is -2.44. The smallest absolute Gasteiger partial charge is 0.0741 e. The van der Waals surface area contributed by atoms with Crippen LogP contribution in [0.3, 0.4) is 0 Å². The number of hydrogen-bond donors (Lipinski definition) is 2. The highest BCUT2D eigenvalue weighted by molar-refractivity contribution is 5.07. The summed E-state index contributed by atoms with van der Waals surface area (Å²) >= 11 is 0. The van der Waals surface area contributed by atoms with Gasteiger partial charge in [0.15, 0.2) is 0 Å². The van der Waals surface area contributed by atoms with Crippen LogP contribution in [-0.4, -0.2) is 23.3 Å². The Morgan fingerprint density at radius 1 is 1.57 bits per heavy atom. The molecule has 0 aromatic rings. The van der Waals surface area contributed by atoms with Crippen LogP contribution in [0.2, 0.25) is 0 Å². The van der Waals surface area contributed by atoms with Crippen molar-refractivity contribution in [3.8, 4) is 0 Å². The van der Waals surface area contributed by atoms with Crippen LogP contribution < -0.4 is 5.32 Å². The van der Waals surface area contributed by atoms with Crippen LogP contribution in [0, 0.1) is 0 Å². The first kappa shape index (κ1) is 11.7. The third-order valence-electron chi connectivity index (χ3n) is 3.09. The fourth-order valence-corrected chi connectivity index (χ4v) is 1.66. The lowest BCUT2D eigenvalue weighted by Gasteiger charge is -2.26. The number of hydrogen-bond acceptors (Lipinski definition) is 2. The van der Waals surface area contributed by atoms with Gasteiger partial charge in [0.05, 0.1) is 5.60 Å². The lowest BCUT2D eigenvalue weighted by molar-refractivity contribution is 0.0446. The van der Waals surface area contributed by atoms with Gasteiger partial charge in [0.2, 0.25) is 0 Å². The molecule has 0 heterocycles. The SMILES string of the molecule is CC(NCCC1=CCCC1)C(C)(C)O. The van der Waals surface area contributed by atoms with E-state index in [1.54, 1.807) is 5.57 Å². The van der Waals surface area contributed by atoms with Crippen molar-refractivity contribution in [3.63, 3.8) is 0 Å². The summed E-state index contributed by atoms with van der Waals surface area (Å²) in [6, 6.07) is 0.157. The molecule has 0 saturated carbocycles. The van der Waals surface area contributed by atoms with Gasteiger partial charge in [-0.1, -0.05) is 11.6 Å². The molecule has 2 nitrogen and oxygen atoms in total. The zero-order chi connectivity index (χ0) is 10.6. The Hall–Kier alpha value is -0.340. The van der Waals surface area contributed by atoms with Gasteiger partial charge in [-0.2, -0.15) is 0 Å². The van der Waals surface area contributed by atoms with Gasteiger partial charge in [-0.15, -0.1) is 0 Å². The van der Waals surface area contributed by atoms with Crippen LogP contribution in [0.4, 0.5) is 0 Å². The standard InChI is InChI=1S/C12H23NO/c1-10(12(2,3)14)13-9-8-11-6-4-5-7-11/h6,10,13-14H,4-5,7-9H2,1-3H3. The van der Waals surface area contributed by atoms with Crippen molar-refractivity contribution in [2.75, 3.05) is 6.54 Å². The molecule has 0 saturated heterocycles. The molecule has 0 bridgehead atoms. The summed E-state index contributed by atoms with van der Waals surface area (Å²) < 4.78 is 0. The van der Waals surface area contributed by atoms with E-state index in [-0.39, 0.29) is 6.04 Å². The van der Waals surface area contributed by atoms with E-state index < -0.39 is 5.60 Å². The predicted octanol–water partition coefficient (Wildman–Crippen LogP) is 2.24. The molecule has 1 aliphatic carbocycles. The Kier molecular flexibility index (Phi) is 4.14. The van der Waals surface area contributed by atoms with Gasteiger partial charge in [-0.25, -0.2) is 0 Å². The Morgan fingerprint density at radius 3 is 2.79 bits per heavy atom. The van der Waals surface area contributed by atoms with E-state index in [1.807, 2.05) is 20.8 Å². The van der Waals surface area contributed by atoms with Gasteiger partial charge in [-0.3, -0.25) is 0 Å². The molecule has 0 fully saturated rings. The molecule has 1 atom stereocenters. The molecule has 0 aliphatic heterocycles. The van der Waals surface area contributed by atoms with E-state index in [0.29, 0.717) is 0 Å². The van der Waals surface area contributed by atoms with E-state index in [9.17, 15) is 5.11 Å². The molecule has 0 aromatic carbocycles. The Morgan fingerprint density at radius 2 is 2.29 bits per heavy atom. The second-order valence-corrected chi connectivity index (χ2v) is 4.83. The molecule has 82 valence electrons. The minimum atomic E-state index is -0.621. The summed E-state index contributed by atoms with van der Waals surface area (Å²) in [6.45, 7) is 6.71. The first-order chi connectivity index (χ1) is 6.50. The topological polar surface area (TPSA) is 32.3 Å². The van der Waals surface area contributed by atoms with Gasteiger partial charge < -0.3 is 10.4 Å². The highest BCUT2D eigenvalue weighted by Gasteiger charge is 2.21. The zero-order valence-corrected chi connectivity index (χ0v) is 9.64. The summed E-state index contributed by atoms with van der Waals surface area (Å²) in [4.78, 5) is 0. The zero-order valence-electron chi connectivity index (χ0n) is 9.64. The quantitative estimate of drug-likeness (QED) is 0.662. The van der Waals surface area contributed by atoms with Crippen molar-refractivity contribution in [2.24, 2.45) is 0 Å². The fourth-order valence-electron chi connectivity index (χ4n) is 1.66. The maximum atomic E-state index is 9.70. The third-order valence-corrected chi connectivity index (χ3v) is 3.09. The second-order valence-electron chi connectivity index (χ2n) is 4.83. The van der Waals surface area contributed by atoms with Crippen molar-refractivity contribution in [3.05, 3.63) is 11.6 Å². The first-order valence-electron chi connectivity index (χ1n) is 5.64. The molecule has 2 N–H and O–H groups in total. The van der Waals surface area contributed by atoms with Crippen molar-refractivity contribution in [1.82, 2.24) is 5.32 Å². The minimum absolute atomic E-state index is 0.157. The van der Waals surface area contributed by atoms with Crippen LogP contribution in [0.15, 0.2) is 11.6 Å². The highest BCUT2D eigenvalue weighted by atomic mass is 16.3. The molecule has 1 rings (SSSR count). The number of nitrogens with one attached hydrogen (secondary N) is 1. The summed E-state index contributed by atoms with van der Waals surface area (Å²) in [7, 11) is 0. The Bertz CT molecular complexity index is 203. The summed E-state index contributed by atoms with van der Waals surface area (Å²) in [6.07, 6.45) is 7.36. The molecule has 2 heteroatoms. The van der Waals surface area contributed by atoms with Gasteiger partial charge in [0.25, 0.3) is 0 Å². The minimum Gasteiger partial charge on any atom is -0.389 e. The van der Waals surface area contributed by atoms with Crippen LogP contribution in [0.25, 0.3) is 0 Å². The molecular formula is C12H23NO. The number of rotatable bonds is 5. The molecule has 1 unspecified atom stereocenters. The largest absolute Gasteiger partial charge is 0.389 e. The van der Waals surface area contributed by atoms with Gasteiger partial charge >= 0.3 is 0 Å². The average molecular weight is 197 g/mol. The number of aliphatic hydroxyl groups is 1. The Balaban J connectivity index is 2.14. The van der Waals surface area contributed by atoms with E-state index in [2.05, 4.69) is 11.4 Å². The molecule has 0 spiro atoms. The van der Waals surface area contributed by atoms with Crippen LogP contribution in [0.1, 0.15) is 46.5 Å². The molecule has 0 radical (unpaired) electrons. The monoisotopic (exact) mass is 197 g/mol. The molecular weight excluding hydrogens is 174 g/mol. The highest BCUT2D eigenvalue weighted by Crippen LogP contribution is 2.20. The van der Waals surface area contributed by atoms with E-state index in [1.165, 1.54) is 19.3 Å². The van der Waals surface area contributed by atoms with E-state index in [4.69, 9.17) is 0 Å². The second kappa shape index (κ2) is 4.94. The third kappa shape index (κ3) is 3.81. The maximum absolute atomic E-state index is 9.70. The van der Waals surface area contributed by atoms with Crippen molar-refractivity contribution in [2.45, 2.75) is 58.1 Å². The van der Waals surface area contributed by atoms with Crippen LogP contribution >= 0.6 is 0 Å².